The fourth-order valence-electron chi connectivity index (χ4n) is 3.37. The molecule has 1 aromatic heterocycles. The van der Waals surface area contributed by atoms with Crippen molar-refractivity contribution in [2.75, 3.05) is 56.5 Å². The Bertz CT molecular complexity index is 814. The number of nitrogens with one attached hydrogen (secondary N) is 1. The molecule has 1 N–H and O–H groups in total. The number of carbonyl (C=O) groups excluding carboxylic acids is 2. The molecular formula is C21H28N4O2S. The average Bonchev–Trinajstić information content (AvgIpc) is 3.23. The molecule has 3 rings (SSSR count). The second-order valence-electron chi connectivity index (χ2n) is 7.11. The normalized spacial score (nSPS) is 14.8. The summed E-state index contributed by atoms with van der Waals surface area (Å²) >= 11 is 1.38. The quantitative estimate of drug-likeness (QED) is 0.810. The van der Waals surface area contributed by atoms with E-state index >= 15 is 0 Å². The summed E-state index contributed by atoms with van der Waals surface area (Å²) in [6.07, 6.45) is 0. The number of benzene rings is 1. The highest BCUT2D eigenvalue weighted by molar-refractivity contribution is 7.12. The molecule has 1 fully saturated rings. The number of amides is 2. The van der Waals surface area contributed by atoms with Crippen LogP contribution in [-0.2, 0) is 4.79 Å². The van der Waals surface area contributed by atoms with Crippen molar-refractivity contribution in [1.29, 1.82) is 0 Å². The summed E-state index contributed by atoms with van der Waals surface area (Å²) < 4.78 is 0. The monoisotopic (exact) mass is 400 g/mol. The largest absolute Gasteiger partial charge is 0.369 e. The van der Waals surface area contributed by atoms with Gasteiger partial charge in [0, 0.05) is 44.6 Å². The number of anilines is 2. The van der Waals surface area contributed by atoms with E-state index in [0.717, 1.165) is 44.0 Å². The fourth-order valence-corrected chi connectivity index (χ4v) is 4.09. The molecule has 0 atom stereocenters. The SMILES string of the molecule is CCN1CCN(c2ccc(NC(=O)CN(C)C(=O)c3cccs3)c(C)c2)CC1. The molecule has 1 aliphatic rings. The Kier molecular flexibility index (Phi) is 6.70. The summed E-state index contributed by atoms with van der Waals surface area (Å²) in [6.45, 7) is 9.53. The zero-order valence-electron chi connectivity index (χ0n) is 16.8. The first kappa shape index (κ1) is 20.4. The van der Waals surface area contributed by atoms with E-state index < -0.39 is 0 Å². The van der Waals surface area contributed by atoms with Gasteiger partial charge in [-0.15, -0.1) is 11.3 Å². The molecule has 6 nitrogen and oxygen atoms in total. The number of likely N-dealkylation sites (N-methyl/N-ethyl adjacent to an activating group) is 2. The van der Waals surface area contributed by atoms with Crippen molar-refractivity contribution >= 4 is 34.5 Å². The van der Waals surface area contributed by atoms with Gasteiger partial charge in [-0.1, -0.05) is 13.0 Å². The number of piperazine rings is 1. The van der Waals surface area contributed by atoms with E-state index in [9.17, 15) is 9.59 Å². The molecule has 0 bridgehead atoms. The molecule has 2 aromatic rings. The van der Waals surface area contributed by atoms with E-state index in [1.165, 1.54) is 21.9 Å². The van der Waals surface area contributed by atoms with Crippen molar-refractivity contribution in [3.05, 3.63) is 46.2 Å². The first-order chi connectivity index (χ1) is 13.5. The van der Waals surface area contributed by atoms with Gasteiger partial charge in [-0.05, 0) is 48.7 Å². The van der Waals surface area contributed by atoms with Crippen LogP contribution in [0.15, 0.2) is 35.7 Å². The molecule has 150 valence electrons. The van der Waals surface area contributed by atoms with E-state index in [1.807, 2.05) is 24.4 Å². The minimum Gasteiger partial charge on any atom is -0.369 e. The van der Waals surface area contributed by atoms with Crippen LogP contribution < -0.4 is 10.2 Å². The number of nitrogens with zero attached hydrogens (tertiary/aromatic N) is 3. The molecule has 0 aliphatic carbocycles. The van der Waals surface area contributed by atoms with Crippen LogP contribution in [0.3, 0.4) is 0 Å². The second kappa shape index (κ2) is 9.21. The van der Waals surface area contributed by atoms with Gasteiger partial charge in [-0.3, -0.25) is 9.59 Å². The van der Waals surface area contributed by atoms with E-state index in [2.05, 4.69) is 34.2 Å². The topological polar surface area (TPSA) is 55.9 Å². The highest BCUT2D eigenvalue weighted by atomic mass is 32.1. The third kappa shape index (κ3) is 4.91. The zero-order chi connectivity index (χ0) is 20.1. The highest BCUT2D eigenvalue weighted by Gasteiger charge is 2.18. The summed E-state index contributed by atoms with van der Waals surface area (Å²) in [5.74, 6) is -0.330. The van der Waals surface area contributed by atoms with Crippen LogP contribution in [0.25, 0.3) is 0 Å². The molecule has 0 saturated carbocycles. The van der Waals surface area contributed by atoms with Gasteiger partial charge in [-0.2, -0.15) is 0 Å². The Morgan fingerprint density at radius 3 is 2.54 bits per heavy atom. The molecule has 0 unspecified atom stereocenters. The van der Waals surface area contributed by atoms with Crippen molar-refractivity contribution in [1.82, 2.24) is 9.80 Å². The second-order valence-corrected chi connectivity index (χ2v) is 8.05. The molecule has 1 aliphatic heterocycles. The predicted molar refractivity (Wildman–Crippen MR) is 115 cm³/mol. The first-order valence-electron chi connectivity index (χ1n) is 9.64. The molecule has 28 heavy (non-hydrogen) atoms. The summed E-state index contributed by atoms with van der Waals surface area (Å²) in [5, 5.41) is 4.79. The van der Waals surface area contributed by atoms with Gasteiger partial charge in [0.25, 0.3) is 5.91 Å². The highest BCUT2D eigenvalue weighted by Crippen LogP contribution is 2.24. The lowest BCUT2D eigenvalue weighted by molar-refractivity contribution is -0.116. The molecule has 0 radical (unpaired) electrons. The maximum Gasteiger partial charge on any atom is 0.264 e. The summed E-state index contributed by atoms with van der Waals surface area (Å²) in [7, 11) is 1.65. The van der Waals surface area contributed by atoms with Gasteiger partial charge < -0.3 is 20.0 Å². The van der Waals surface area contributed by atoms with Gasteiger partial charge in [0.2, 0.25) is 5.91 Å². The van der Waals surface area contributed by atoms with E-state index in [0.29, 0.717) is 4.88 Å². The average molecular weight is 401 g/mol. The van der Waals surface area contributed by atoms with Crippen LogP contribution in [0.4, 0.5) is 11.4 Å². The number of carbonyl (C=O) groups is 2. The van der Waals surface area contributed by atoms with Crippen molar-refractivity contribution in [2.24, 2.45) is 0 Å². The summed E-state index contributed by atoms with van der Waals surface area (Å²) in [5.41, 5.74) is 3.00. The minimum absolute atomic E-state index is 0.0247. The van der Waals surface area contributed by atoms with Crippen molar-refractivity contribution in [3.8, 4) is 0 Å². The van der Waals surface area contributed by atoms with E-state index in [4.69, 9.17) is 0 Å². The van der Waals surface area contributed by atoms with Gasteiger partial charge in [-0.25, -0.2) is 0 Å². The van der Waals surface area contributed by atoms with Gasteiger partial charge in [0.15, 0.2) is 0 Å². The first-order valence-corrected chi connectivity index (χ1v) is 10.5. The van der Waals surface area contributed by atoms with Crippen LogP contribution in [0.1, 0.15) is 22.2 Å². The Labute approximate surface area is 170 Å². The van der Waals surface area contributed by atoms with Crippen LogP contribution in [0.5, 0.6) is 0 Å². The zero-order valence-corrected chi connectivity index (χ0v) is 17.6. The van der Waals surface area contributed by atoms with Crippen LogP contribution in [0.2, 0.25) is 0 Å². The lowest BCUT2D eigenvalue weighted by atomic mass is 10.1. The van der Waals surface area contributed by atoms with Crippen LogP contribution in [0, 0.1) is 6.92 Å². The van der Waals surface area contributed by atoms with Gasteiger partial charge in [0.05, 0.1) is 11.4 Å². The summed E-state index contributed by atoms with van der Waals surface area (Å²) in [6, 6.07) is 9.74. The lowest BCUT2D eigenvalue weighted by Gasteiger charge is -2.35. The number of rotatable bonds is 6. The molecule has 2 heterocycles. The lowest BCUT2D eigenvalue weighted by Crippen LogP contribution is -2.46. The Hall–Kier alpha value is -2.38. The predicted octanol–water partition coefficient (Wildman–Crippen LogP) is 2.91. The molecule has 0 spiro atoms. The maximum atomic E-state index is 12.4. The third-order valence-electron chi connectivity index (χ3n) is 5.13. The number of thiophene rings is 1. The number of hydrogen-bond acceptors (Lipinski definition) is 5. The van der Waals surface area contributed by atoms with Crippen LogP contribution in [-0.4, -0.2) is 67.9 Å². The minimum atomic E-state index is -0.195. The molecule has 1 saturated heterocycles. The Morgan fingerprint density at radius 2 is 1.93 bits per heavy atom. The number of hydrogen-bond donors (Lipinski definition) is 1. The van der Waals surface area contributed by atoms with E-state index in [1.54, 1.807) is 13.1 Å². The number of aryl methyl sites for hydroxylation is 1. The van der Waals surface area contributed by atoms with E-state index in [-0.39, 0.29) is 18.4 Å². The molecule has 2 amide bonds. The van der Waals surface area contributed by atoms with Crippen molar-refractivity contribution in [2.45, 2.75) is 13.8 Å². The molecule has 1 aromatic carbocycles. The van der Waals surface area contributed by atoms with Crippen molar-refractivity contribution < 1.29 is 9.59 Å². The van der Waals surface area contributed by atoms with Crippen LogP contribution >= 0.6 is 11.3 Å². The fraction of sp³-hybridized carbons (Fsp3) is 0.429. The summed E-state index contributed by atoms with van der Waals surface area (Å²) in [4.78, 5) is 31.6. The van der Waals surface area contributed by atoms with Gasteiger partial charge in [0.1, 0.15) is 0 Å². The molecule has 7 heteroatoms. The maximum absolute atomic E-state index is 12.4. The Balaban J connectivity index is 1.57. The third-order valence-corrected chi connectivity index (χ3v) is 5.99. The smallest absolute Gasteiger partial charge is 0.264 e. The molecular weight excluding hydrogens is 372 g/mol. The van der Waals surface area contributed by atoms with Gasteiger partial charge >= 0.3 is 0 Å². The van der Waals surface area contributed by atoms with Crippen molar-refractivity contribution in [3.63, 3.8) is 0 Å². The standard InChI is InChI=1S/C21H28N4O2S/c1-4-24-9-11-25(12-10-24)17-7-8-18(16(2)14-17)22-20(26)15-23(3)21(27)19-6-5-13-28-19/h5-8,13-14H,4,9-12,15H2,1-3H3,(H,22,26). The Morgan fingerprint density at radius 1 is 1.18 bits per heavy atom.